The second kappa shape index (κ2) is 7.17. The molecule has 0 radical (unpaired) electrons. The molecule has 2 bridgehead atoms. The molecule has 1 amide bonds. The Hall–Kier alpha value is -2.15. The Bertz CT molecular complexity index is 685. The van der Waals surface area contributed by atoms with Crippen molar-refractivity contribution in [3.8, 4) is 0 Å². The number of piperidine rings is 1. The molecule has 3 heterocycles. The van der Waals surface area contributed by atoms with Gasteiger partial charge in [0.05, 0.1) is 13.2 Å². The summed E-state index contributed by atoms with van der Waals surface area (Å²) in [4.78, 5) is 37.4. The highest BCUT2D eigenvalue weighted by Crippen LogP contribution is 2.34. The van der Waals surface area contributed by atoms with Gasteiger partial charge in [-0.15, -0.1) is 0 Å². The highest BCUT2D eigenvalue weighted by molar-refractivity contribution is 5.83. The second-order valence-corrected chi connectivity index (χ2v) is 6.47. The number of pyridine rings is 1. The van der Waals surface area contributed by atoms with Crippen LogP contribution in [0.3, 0.4) is 0 Å². The van der Waals surface area contributed by atoms with Gasteiger partial charge in [-0.05, 0) is 25.3 Å². The third kappa shape index (κ3) is 3.67. The summed E-state index contributed by atoms with van der Waals surface area (Å²) in [5, 5.41) is 2.60. The van der Waals surface area contributed by atoms with Gasteiger partial charge in [0.2, 0.25) is 5.91 Å². The number of hydrogen-bond donors (Lipinski definition) is 1. The summed E-state index contributed by atoms with van der Waals surface area (Å²) in [7, 11) is 0. The minimum Gasteiger partial charge on any atom is -0.465 e. The van der Waals surface area contributed by atoms with Gasteiger partial charge in [0, 0.05) is 37.3 Å². The van der Waals surface area contributed by atoms with Gasteiger partial charge in [-0.2, -0.15) is 0 Å². The van der Waals surface area contributed by atoms with E-state index < -0.39 is 5.97 Å². The first-order valence-corrected chi connectivity index (χ1v) is 8.41. The maximum atomic E-state index is 12.0. The summed E-state index contributed by atoms with van der Waals surface area (Å²) >= 11 is 0. The number of carbonyl (C=O) groups is 2. The number of aromatic nitrogens is 1. The lowest BCUT2D eigenvalue weighted by atomic mass is 9.83. The summed E-state index contributed by atoms with van der Waals surface area (Å²) in [5.74, 6) is 0.0709. The third-order valence-corrected chi connectivity index (χ3v) is 4.66. The first-order chi connectivity index (χ1) is 11.6. The molecule has 7 nitrogen and oxygen atoms in total. The van der Waals surface area contributed by atoms with Crippen LogP contribution < -0.4 is 10.9 Å². The molecule has 1 N–H and O–H groups in total. The molecule has 2 aliphatic heterocycles. The quantitative estimate of drug-likeness (QED) is 0.764. The smallest absolute Gasteiger partial charge is 0.325 e. The number of rotatable bonds is 5. The Morgan fingerprint density at radius 3 is 2.92 bits per heavy atom. The number of hydrogen-bond acceptors (Lipinski definition) is 5. The van der Waals surface area contributed by atoms with Gasteiger partial charge in [0.1, 0.15) is 6.54 Å². The Balaban J connectivity index is 1.58. The van der Waals surface area contributed by atoms with Gasteiger partial charge in [-0.25, -0.2) is 0 Å². The molecule has 0 saturated carbocycles. The normalized spacial score (nSPS) is 22.5. The molecular weight excluding hydrogens is 310 g/mol. The van der Waals surface area contributed by atoms with E-state index in [1.54, 1.807) is 19.1 Å². The Morgan fingerprint density at radius 2 is 2.12 bits per heavy atom. The minimum absolute atomic E-state index is 0.0582. The van der Waals surface area contributed by atoms with Crippen molar-refractivity contribution in [2.24, 2.45) is 5.92 Å². The van der Waals surface area contributed by atoms with Crippen LogP contribution in [0.25, 0.3) is 0 Å². The molecule has 1 fully saturated rings. The molecule has 7 heteroatoms. The van der Waals surface area contributed by atoms with Crippen LogP contribution in [-0.2, 0) is 20.9 Å². The molecule has 24 heavy (non-hydrogen) atoms. The van der Waals surface area contributed by atoms with Crippen molar-refractivity contribution in [1.29, 1.82) is 0 Å². The van der Waals surface area contributed by atoms with Crippen LogP contribution in [0.5, 0.6) is 0 Å². The maximum absolute atomic E-state index is 12.0. The van der Waals surface area contributed by atoms with Gasteiger partial charge in [0.15, 0.2) is 0 Å². The van der Waals surface area contributed by atoms with Crippen LogP contribution in [0.1, 0.15) is 25.0 Å². The van der Waals surface area contributed by atoms with Crippen LogP contribution in [0.4, 0.5) is 0 Å². The minimum atomic E-state index is -0.422. The number of amides is 1. The number of likely N-dealkylation sites (tertiary alicyclic amines) is 1. The fourth-order valence-electron chi connectivity index (χ4n) is 3.77. The molecule has 0 aromatic carbocycles. The molecule has 2 unspecified atom stereocenters. The van der Waals surface area contributed by atoms with Gasteiger partial charge >= 0.3 is 5.97 Å². The molecular formula is C17H23N3O4. The number of fused-ring (bicyclic) bond motifs is 4. The van der Waals surface area contributed by atoms with E-state index >= 15 is 0 Å². The van der Waals surface area contributed by atoms with Crippen molar-refractivity contribution in [2.75, 3.05) is 32.8 Å². The van der Waals surface area contributed by atoms with E-state index in [0.29, 0.717) is 19.1 Å². The Labute approximate surface area is 140 Å². The van der Waals surface area contributed by atoms with E-state index in [9.17, 15) is 14.4 Å². The zero-order valence-corrected chi connectivity index (χ0v) is 13.9. The van der Waals surface area contributed by atoms with Gasteiger partial charge < -0.3 is 14.6 Å². The molecule has 2 atom stereocenters. The maximum Gasteiger partial charge on any atom is 0.325 e. The van der Waals surface area contributed by atoms with Crippen molar-refractivity contribution < 1.29 is 14.3 Å². The summed E-state index contributed by atoms with van der Waals surface area (Å²) in [5.41, 5.74) is 1.12. The molecule has 1 aromatic heterocycles. The molecule has 130 valence electrons. The zero-order chi connectivity index (χ0) is 17.1. The monoisotopic (exact) mass is 333 g/mol. The van der Waals surface area contributed by atoms with E-state index in [1.165, 1.54) is 0 Å². The molecule has 2 aliphatic rings. The zero-order valence-electron chi connectivity index (χ0n) is 13.9. The summed E-state index contributed by atoms with van der Waals surface area (Å²) in [6, 6.07) is 5.41. The lowest BCUT2D eigenvalue weighted by Crippen LogP contribution is -2.50. The lowest BCUT2D eigenvalue weighted by Gasteiger charge is -2.42. The number of nitrogens with zero attached hydrogens (tertiary/aromatic N) is 2. The van der Waals surface area contributed by atoms with Crippen molar-refractivity contribution in [3.63, 3.8) is 0 Å². The standard InChI is InChI=1S/C17H23N3O4/c1-2-24-17(23)7-18-15(21)11-19-8-12-6-13(10-19)14-4-3-5-16(22)20(14)9-12/h3-5,12-13H,2,6-11H2,1H3,(H,18,21). The molecule has 1 aromatic rings. The van der Waals surface area contributed by atoms with Crippen LogP contribution in [0.2, 0.25) is 0 Å². The van der Waals surface area contributed by atoms with Crippen LogP contribution in [0, 0.1) is 5.92 Å². The van der Waals surface area contributed by atoms with Crippen LogP contribution >= 0.6 is 0 Å². The van der Waals surface area contributed by atoms with E-state index in [0.717, 1.165) is 25.2 Å². The lowest BCUT2D eigenvalue weighted by molar-refractivity contribution is -0.143. The summed E-state index contributed by atoms with van der Waals surface area (Å²) < 4.78 is 6.67. The number of ether oxygens (including phenoxy) is 1. The predicted octanol–water partition coefficient (Wildman–Crippen LogP) is -0.0533. The van der Waals surface area contributed by atoms with E-state index in [1.807, 2.05) is 10.6 Å². The van der Waals surface area contributed by atoms with Crippen molar-refractivity contribution >= 4 is 11.9 Å². The SMILES string of the molecule is CCOC(=O)CNC(=O)CN1CC2CC(C1)c1cccc(=O)n1C2. The average Bonchev–Trinajstić information content (AvgIpc) is 2.54. The fraction of sp³-hybridized carbons (Fsp3) is 0.588. The van der Waals surface area contributed by atoms with Crippen molar-refractivity contribution in [2.45, 2.75) is 25.8 Å². The van der Waals surface area contributed by atoms with Gasteiger partial charge in [0.25, 0.3) is 5.56 Å². The number of nitrogens with one attached hydrogen (secondary N) is 1. The Morgan fingerprint density at radius 1 is 1.29 bits per heavy atom. The first-order valence-electron chi connectivity index (χ1n) is 8.41. The van der Waals surface area contributed by atoms with E-state index in [-0.39, 0.29) is 30.5 Å². The van der Waals surface area contributed by atoms with Crippen molar-refractivity contribution in [3.05, 3.63) is 34.2 Å². The van der Waals surface area contributed by atoms with Crippen LogP contribution in [-0.4, -0.2) is 54.1 Å². The highest BCUT2D eigenvalue weighted by Gasteiger charge is 2.34. The number of esters is 1. The number of carbonyl (C=O) groups excluding carboxylic acids is 2. The molecule has 3 rings (SSSR count). The summed E-state index contributed by atoms with van der Waals surface area (Å²) in [6.45, 7) is 4.48. The predicted molar refractivity (Wildman–Crippen MR) is 87.6 cm³/mol. The summed E-state index contributed by atoms with van der Waals surface area (Å²) in [6.07, 6.45) is 1.06. The average molecular weight is 333 g/mol. The van der Waals surface area contributed by atoms with E-state index in [4.69, 9.17) is 4.74 Å². The molecule has 0 spiro atoms. The van der Waals surface area contributed by atoms with Gasteiger partial charge in [-0.1, -0.05) is 6.07 Å². The third-order valence-electron chi connectivity index (χ3n) is 4.66. The Kier molecular flexibility index (Phi) is 4.99. The molecule has 0 aliphatic carbocycles. The highest BCUT2D eigenvalue weighted by atomic mass is 16.5. The first kappa shape index (κ1) is 16.7. The second-order valence-electron chi connectivity index (χ2n) is 6.47. The fourth-order valence-corrected chi connectivity index (χ4v) is 3.77. The van der Waals surface area contributed by atoms with Crippen LogP contribution in [0.15, 0.2) is 23.0 Å². The van der Waals surface area contributed by atoms with E-state index in [2.05, 4.69) is 10.2 Å². The topological polar surface area (TPSA) is 80.6 Å². The largest absolute Gasteiger partial charge is 0.465 e. The van der Waals surface area contributed by atoms with Crippen molar-refractivity contribution in [1.82, 2.24) is 14.8 Å². The van der Waals surface area contributed by atoms with Gasteiger partial charge in [-0.3, -0.25) is 19.3 Å². The molecule has 1 saturated heterocycles.